The van der Waals surface area contributed by atoms with Crippen LogP contribution in [0.2, 0.25) is 0 Å². The molecule has 0 radical (unpaired) electrons. The zero-order chi connectivity index (χ0) is 14.8. The molecule has 0 bridgehead atoms. The molecule has 0 atom stereocenters. The van der Waals surface area contributed by atoms with Gasteiger partial charge in [-0.15, -0.1) is 0 Å². The first-order chi connectivity index (χ1) is 10.1. The highest BCUT2D eigenvalue weighted by Crippen LogP contribution is 2.17. The summed E-state index contributed by atoms with van der Waals surface area (Å²) in [6.45, 7) is 3.06. The molecule has 0 spiro atoms. The third-order valence-corrected chi connectivity index (χ3v) is 4.21. The highest BCUT2D eigenvalue weighted by molar-refractivity contribution is 9.10. The van der Waals surface area contributed by atoms with Gasteiger partial charge in [0.1, 0.15) is 0 Å². The lowest BCUT2D eigenvalue weighted by Crippen LogP contribution is -2.49. The van der Waals surface area contributed by atoms with Gasteiger partial charge in [-0.25, -0.2) is 4.98 Å². The number of aryl methyl sites for hydroxylation is 1. The minimum absolute atomic E-state index is 0.0933. The van der Waals surface area contributed by atoms with E-state index in [-0.39, 0.29) is 5.91 Å². The summed E-state index contributed by atoms with van der Waals surface area (Å²) in [6, 6.07) is 7.54. The van der Waals surface area contributed by atoms with Crippen LogP contribution < -0.4 is 4.90 Å². The molecule has 21 heavy (non-hydrogen) atoms. The average Bonchev–Trinajstić information content (AvgIpc) is 2.93. The van der Waals surface area contributed by atoms with Gasteiger partial charge in [0.15, 0.2) is 0 Å². The number of hydrogen-bond acceptors (Lipinski definition) is 3. The first-order valence-electron chi connectivity index (χ1n) is 6.92. The number of aromatic nitrogens is 2. The highest BCUT2D eigenvalue weighted by atomic mass is 79.9. The Labute approximate surface area is 132 Å². The second-order valence-corrected chi connectivity index (χ2v) is 6.04. The Kier molecular flexibility index (Phi) is 3.96. The molecule has 2 heterocycles. The number of carbonyl (C=O) groups excluding carboxylic acids is 1. The molecule has 110 valence electrons. The third kappa shape index (κ3) is 2.95. The molecule has 0 aliphatic carbocycles. The van der Waals surface area contributed by atoms with Crippen LogP contribution in [0.5, 0.6) is 0 Å². The van der Waals surface area contributed by atoms with Gasteiger partial charge in [0, 0.05) is 55.7 Å². The maximum Gasteiger partial charge on any atom is 0.254 e. The molecule has 0 unspecified atom stereocenters. The molecule has 0 saturated carbocycles. The number of nitrogens with zero attached hydrogens (tertiary/aromatic N) is 4. The fourth-order valence-electron chi connectivity index (χ4n) is 2.58. The van der Waals surface area contributed by atoms with Crippen LogP contribution >= 0.6 is 15.9 Å². The van der Waals surface area contributed by atoms with Gasteiger partial charge in [0.25, 0.3) is 5.91 Å². The molecule has 1 saturated heterocycles. The number of imidazole rings is 1. The van der Waals surface area contributed by atoms with Crippen molar-refractivity contribution in [2.75, 3.05) is 31.1 Å². The van der Waals surface area contributed by atoms with Crippen LogP contribution in [-0.4, -0.2) is 46.5 Å². The summed E-state index contributed by atoms with van der Waals surface area (Å²) in [7, 11) is 1.99. The van der Waals surface area contributed by atoms with Crippen LogP contribution in [-0.2, 0) is 7.05 Å². The molecule has 1 aliphatic heterocycles. The summed E-state index contributed by atoms with van der Waals surface area (Å²) in [5.74, 6) is 1.06. The zero-order valence-corrected chi connectivity index (χ0v) is 13.5. The molecule has 0 N–H and O–H groups in total. The monoisotopic (exact) mass is 348 g/mol. The molecular weight excluding hydrogens is 332 g/mol. The van der Waals surface area contributed by atoms with Crippen molar-refractivity contribution in [3.8, 4) is 0 Å². The van der Waals surface area contributed by atoms with Gasteiger partial charge < -0.3 is 14.4 Å². The number of hydrogen-bond donors (Lipinski definition) is 0. The number of benzene rings is 1. The molecule has 1 aromatic heterocycles. The highest BCUT2D eigenvalue weighted by Gasteiger charge is 2.23. The van der Waals surface area contributed by atoms with E-state index in [1.165, 1.54) is 0 Å². The summed E-state index contributed by atoms with van der Waals surface area (Å²) < 4.78 is 2.94. The summed E-state index contributed by atoms with van der Waals surface area (Å²) in [4.78, 5) is 21.0. The molecule has 5 nitrogen and oxygen atoms in total. The van der Waals surface area contributed by atoms with E-state index in [2.05, 4.69) is 25.8 Å². The number of anilines is 1. The van der Waals surface area contributed by atoms with Gasteiger partial charge in [-0.2, -0.15) is 0 Å². The molecule has 2 aromatic rings. The molecule has 1 fully saturated rings. The Morgan fingerprint density at radius 3 is 2.62 bits per heavy atom. The van der Waals surface area contributed by atoms with Crippen molar-refractivity contribution < 1.29 is 4.79 Å². The summed E-state index contributed by atoms with van der Waals surface area (Å²) in [5, 5.41) is 0. The van der Waals surface area contributed by atoms with E-state index in [1.807, 2.05) is 47.0 Å². The number of amides is 1. The number of rotatable bonds is 2. The number of piperazine rings is 1. The van der Waals surface area contributed by atoms with Crippen molar-refractivity contribution in [1.29, 1.82) is 0 Å². The van der Waals surface area contributed by atoms with E-state index in [4.69, 9.17) is 0 Å². The first kappa shape index (κ1) is 14.1. The second kappa shape index (κ2) is 5.89. The summed E-state index contributed by atoms with van der Waals surface area (Å²) >= 11 is 3.41. The Morgan fingerprint density at radius 1 is 1.24 bits per heavy atom. The predicted octanol–water partition coefficient (Wildman–Crippen LogP) is 2.15. The Bertz CT molecular complexity index is 647. The third-order valence-electron chi connectivity index (χ3n) is 3.72. The van der Waals surface area contributed by atoms with E-state index in [9.17, 15) is 4.79 Å². The van der Waals surface area contributed by atoms with Crippen LogP contribution in [0.4, 0.5) is 5.95 Å². The minimum Gasteiger partial charge on any atom is -0.339 e. The Morgan fingerprint density at radius 2 is 2.00 bits per heavy atom. The van der Waals surface area contributed by atoms with E-state index in [1.54, 1.807) is 6.20 Å². The lowest BCUT2D eigenvalue weighted by molar-refractivity contribution is 0.0746. The van der Waals surface area contributed by atoms with Gasteiger partial charge in [0.05, 0.1) is 0 Å². The molecule has 6 heteroatoms. The standard InChI is InChI=1S/C15H17BrN4O/c1-18-6-5-17-15(18)20-9-7-19(8-10-20)14(21)12-3-2-4-13(16)11-12/h2-6,11H,7-10H2,1H3. The van der Waals surface area contributed by atoms with Crippen molar-refractivity contribution in [3.63, 3.8) is 0 Å². The van der Waals surface area contributed by atoms with E-state index in [0.717, 1.165) is 42.2 Å². The summed E-state index contributed by atoms with van der Waals surface area (Å²) in [5.41, 5.74) is 0.731. The van der Waals surface area contributed by atoms with Crippen LogP contribution in [0.3, 0.4) is 0 Å². The van der Waals surface area contributed by atoms with E-state index in [0.29, 0.717) is 0 Å². The van der Waals surface area contributed by atoms with Crippen LogP contribution in [0.25, 0.3) is 0 Å². The second-order valence-electron chi connectivity index (χ2n) is 5.13. The lowest BCUT2D eigenvalue weighted by atomic mass is 10.2. The number of halogens is 1. The van der Waals surface area contributed by atoms with Gasteiger partial charge in [-0.3, -0.25) is 4.79 Å². The van der Waals surface area contributed by atoms with Gasteiger partial charge in [-0.05, 0) is 18.2 Å². The van der Waals surface area contributed by atoms with Crippen LogP contribution in [0.1, 0.15) is 10.4 Å². The molecular formula is C15H17BrN4O. The Hall–Kier alpha value is -1.82. The smallest absolute Gasteiger partial charge is 0.254 e. The van der Waals surface area contributed by atoms with Crippen molar-refractivity contribution in [2.45, 2.75) is 0 Å². The maximum absolute atomic E-state index is 12.5. The molecule has 3 rings (SSSR count). The van der Waals surface area contributed by atoms with Gasteiger partial charge in [-0.1, -0.05) is 22.0 Å². The van der Waals surface area contributed by atoms with Crippen molar-refractivity contribution in [3.05, 3.63) is 46.7 Å². The van der Waals surface area contributed by atoms with Crippen LogP contribution in [0.15, 0.2) is 41.1 Å². The van der Waals surface area contributed by atoms with E-state index >= 15 is 0 Å². The fraction of sp³-hybridized carbons (Fsp3) is 0.333. The maximum atomic E-state index is 12.5. The normalized spacial score (nSPS) is 15.3. The van der Waals surface area contributed by atoms with Gasteiger partial charge >= 0.3 is 0 Å². The van der Waals surface area contributed by atoms with Crippen LogP contribution in [0, 0.1) is 0 Å². The average molecular weight is 349 g/mol. The van der Waals surface area contributed by atoms with Crippen molar-refractivity contribution in [1.82, 2.24) is 14.5 Å². The molecule has 1 aliphatic rings. The van der Waals surface area contributed by atoms with E-state index < -0.39 is 0 Å². The predicted molar refractivity (Wildman–Crippen MR) is 85.5 cm³/mol. The van der Waals surface area contributed by atoms with Gasteiger partial charge in [0.2, 0.25) is 5.95 Å². The SMILES string of the molecule is Cn1ccnc1N1CCN(C(=O)c2cccc(Br)c2)CC1. The fourth-order valence-corrected chi connectivity index (χ4v) is 2.98. The molecule has 1 aromatic carbocycles. The zero-order valence-electron chi connectivity index (χ0n) is 11.9. The van der Waals surface area contributed by atoms with Crippen molar-refractivity contribution in [2.24, 2.45) is 7.05 Å². The first-order valence-corrected chi connectivity index (χ1v) is 7.71. The van der Waals surface area contributed by atoms with Crippen molar-refractivity contribution >= 4 is 27.8 Å². The lowest BCUT2D eigenvalue weighted by Gasteiger charge is -2.35. The summed E-state index contributed by atoms with van der Waals surface area (Å²) in [6.07, 6.45) is 3.74. The Balaban J connectivity index is 1.66. The quantitative estimate of drug-likeness (QED) is 0.834. The minimum atomic E-state index is 0.0933. The molecule has 1 amide bonds. The largest absolute Gasteiger partial charge is 0.339 e. The topological polar surface area (TPSA) is 41.4 Å². The number of carbonyl (C=O) groups is 1.